The molecule has 0 aliphatic rings. The van der Waals surface area contributed by atoms with E-state index in [0.29, 0.717) is 49.9 Å². The van der Waals surface area contributed by atoms with Crippen molar-refractivity contribution >= 4 is 17.1 Å². The Morgan fingerprint density at radius 2 is 2.05 bits per heavy atom. The number of ether oxygens (including phenoxy) is 1. The van der Waals surface area contributed by atoms with Gasteiger partial charge in [0.15, 0.2) is 11.2 Å². The molecule has 0 spiro atoms. The number of nitrogens with one attached hydrogen (secondary N) is 1. The molecule has 0 saturated heterocycles. The molecule has 2 heterocycles. The van der Waals surface area contributed by atoms with Crippen molar-refractivity contribution in [1.29, 1.82) is 0 Å². The average Bonchev–Trinajstić information content (AvgIpc) is 2.89. The van der Waals surface area contributed by atoms with Gasteiger partial charge in [-0.2, -0.15) is 4.98 Å². The van der Waals surface area contributed by atoms with Crippen molar-refractivity contribution in [3.05, 3.63) is 20.8 Å². The van der Waals surface area contributed by atoms with E-state index in [9.17, 15) is 9.59 Å². The number of nitrogens with zero attached hydrogens (tertiary/aromatic N) is 4. The summed E-state index contributed by atoms with van der Waals surface area (Å²) in [5.41, 5.74) is 5.51. The first-order valence-electron chi connectivity index (χ1n) is 7.19. The Bertz CT molecular complexity index is 773. The molecule has 0 saturated carbocycles. The van der Waals surface area contributed by atoms with Gasteiger partial charge in [-0.25, -0.2) is 4.79 Å². The van der Waals surface area contributed by atoms with Crippen LogP contribution in [0.25, 0.3) is 11.2 Å². The smallest absolute Gasteiger partial charge is 0.332 e. The van der Waals surface area contributed by atoms with E-state index >= 15 is 0 Å². The van der Waals surface area contributed by atoms with E-state index < -0.39 is 5.69 Å². The Morgan fingerprint density at radius 1 is 1.32 bits per heavy atom. The lowest BCUT2D eigenvalue weighted by Gasteiger charge is -2.09. The Hall–Kier alpha value is -2.13. The topological polar surface area (TPSA) is 109 Å². The molecular formula is C13H22N6O3. The van der Waals surface area contributed by atoms with Crippen LogP contribution in [0.3, 0.4) is 0 Å². The van der Waals surface area contributed by atoms with Gasteiger partial charge >= 0.3 is 5.69 Å². The number of hydrogen-bond donors (Lipinski definition) is 2. The summed E-state index contributed by atoms with van der Waals surface area (Å²) in [6, 6.07) is 0. The third-order valence-electron chi connectivity index (χ3n) is 3.49. The first-order chi connectivity index (χ1) is 10.6. The fourth-order valence-electron chi connectivity index (χ4n) is 2.37. The van der Waals surface area contributed by atoms with Crippen LogP contribution in [0.4, 0.5) is 5.95 Å². The summed E-state index contributed by atoms with van der Waals surface area (Å²) in [5, 5.41) is 3.08. The molecule has 0 fully saturated rings. The van der Waals surface area contributed by atoms with Gasteiger partial charge in [-0.3, -0.25) is 13.9 Å². The molecule has 9 heteroatoms. The summed E-state index contributed by atoms with van der Waals surface area (Å²) in [6.07, 6.45) is 0. The van der Waals surface area contributed by atoms with E-state index in [4.69, 9.17) is 10.5 Å². The van der Waals surface area contributed by atoms with Gasteiger partial charge in [0.25, 0.3) is 5.56 Å². The van der Waals surface area contributed by atoms with Crippen LogP contribution >= 0.6 is 0 Å². The first-order valence-corrected chi connectivity index (χ1v) is 7.19. The van der Waals surface area contributed by atoms with Gasteiger partial charge in [0, 0.05) is 33.8 Å². The Kier molecular flexibility index (Phi) is 4.99. The molecular weight excluding hydrogens is 288 g/mol. The number of aryl methyl sites for hydroxylation is 1. The number of nitrogens with two attached hydrogens (primary N) is 1. The summed E-state index contributed by atoms with van der Waals surface area (Å²) in [7, 11) is 3.02. The molecule has 0 unspecified atom stereocenters. The molecule has 2 aromatic heterocycles. The highest BCUT2D eigenvalue weighted by molar-refractivity contribution is 5.74. The molecule has 122 valence electrons. The Morgan fingerprint density at radius 3 is 2.64 bits per heavy atom. The zero-order valence-corrected chi connectivity index (χ0v) is 13.1. The quantitative estimate of drug-likeness (QED) is 0.674. The van der Waals surface area contributed by atoms with Crippen LogP contribution in [0, 0.1) is 0 Å². The minimum absolute atomic E-state index is 0.330. The summed E-state index contributed by atoms with van der Waals surface area (Å²) < 4.78 is 9.35. The normalized spacial score (nSPS) is 11.3. The summed E-state index contributed by atoms with van der Waals surface area (Å²) in [4.78, 5) is 29.2. The van der Waals surface area contributed by atoms with Crippen molar-refractivity contribution in [3.63, 3.8) is 0 Å². The van der Waals surface area contributed by atoms with Gasteiger partial charge < -0.3 is 20.4 Å². The number of rotatable bonds is 7. The van der Waals surface area contributed by atoms with Gasteiger partial charge in [-0.05, 0) is 6.92 Å². The molecule has 0 amide bonds. The van der Waals surface area contributed by atoms with Gasteiger partial charge in [0.2, 0.25) is 5.95 Å². The van der Waals surface area contributed by atoms with Gasteiger partial charge in [0.05, 0.1) is 13.2 Å². The maximum atomic E-state index is 12.4. The number of anilines is 1. The van der Waals surface area contributed by atoms with Crippen LogP contribution in [-0.2, 0) is 24.9 Å². The second-order valence-corrected chi connectivity index (χ2v) is 4.86. The zero-order valence-electron chi connectivity index (χ0n) is 13.1. The fraction of sp³-hybridized carbons (Fsp3) is 0.615. The first kappa shape index (κ1) is 16.2. The number of hydrogen-bond acceptors (Lipinski definition) is 6. The van der Waals surface area contributed by atoms with Gasteiger partial charge in [-0.15, -0.1) is 0 Å². The van der Waals surface area contributed by atoms with Crippen molar-refractivity contribution in [2.45, 2.75) is 20.0 Å². The second kappa shape index (κ2) is 6.75. The summed E-state index contributed by atoms with van der Waals surface area (Å²) >= 11 is 0. The molecule has 0 aromatic carbocycles. The molecule has 0 aliphatic carbocycles. The van der Waals surface area contributed by atoms with E-state index in [1.807, 2.05) is 6.92 Å². The molecule has 0 atom stereocenters. The number of fused-ring (bicyclic) bond motifs is 1. The standard InChI is InChI=1S/C13H22N6O3/c1-4-18-9-10(16-12(18)15-6-5-14)19(7-8-22-3)13(21)17(2)11(9)20/h4-8,14H2,1-3H3,(H,15,16). The molecule has 3 N–H and O–H groups in total. The second-order valence-electron chi connectivity index (χ2n) is 4.86. The summed E-state index contributed by atoms with van der Waals surface area (Å²) in [5.74, 6) is 0.539. The van der Waals surface area contributed by atoms with Crippen molar-refractivity contribution in [3.8, 4) is 0 Å². The third kappa shape index (κ3) is 2.64. The molecule has 0 bridgehead atoms. The summed E-state index contributed by atoms with van der Waals surface area (Å²) in [6.45, 7) is 4.14. The van der Waals surface area contributed by atoms with Crippen LogP contribution < -0.4 is 22.3 Å². The van der Waals surface area contributed by atoms with Crippen molar-refractivity contribution in [2.24, 2.45) is 12.8 Å². The minimum atomic E-state index is -0.402. The van der Waals surface area contributed by atoms with Gasteiger partial charge in [0.1, 0.15) is 0 Å². The highest BCUT2D eigenvalue weighted by Crippen LogP contribution is 2.15. The average molecular weight is 310 g/mol. The van der Waals surface area contributed by atoms with E-state index in [1.165, 1.54) is 11.6 Å². The maximum absolute atomic E-state index is 12.4. The van der Waals surface area contributed by atoms with E-state index in [1.54, 1.807) is 11.7 Å². The predicted molar refractivity (Wildman–Crippen MR) is 84.3 cm³/mol. The molecule has 2 rings (SSSR count). The Balaban J connectivity index is 2.76. The lowest BCUT2D eigenvalue weighted by Crippen LogP contribution is -2.39. The Labute approximate surface area is 127 Å². The number of imidazole rings is 1. The minimum Gasteiger partial charge on any atom is -0.383 e. The third-order valence-corrected chi connectivity index (χ3v) is 3.49. The lowest BCUT2D eigenvalue weighted by molar-refractivity contribution is 0.186. The molecule has 22 heavy (non-hydrogen) atoms. The van der Waals surface area contributed by atoms with Crippen molar-refractivity contribution in [1.82, 2.24) is 18.7 Å². The van der Waals surface area contributed by atoms with E-state index in [2.05, 4.69) is 10.3 Å². The maximum Gasteiger partial charge on any atom is 0.332 e. The van der Waals surface area contributed by atoms with Crippen LogP contribution in [0.1, 0.15) is 6.92 Å². The molecule has 0 radical (unpaired) electrons. The molecule has 2 aromatic rings. The highest BCUT2D eigenvalue weighted by Gasteiger charge is 2.19. The monoisotopic (exact) mass is 310 g/mol. The van der Waals surface area contributed by atoms with Crippen LogP contribution in [0.2, 0.25) is 0 Å². The van der Waals surface area contributed by atoms with Crippen LogP contribution in [0.5, 0.6) is 0 Å². The SMILES string of the molecule is CCn1c(NCCN)nc2c1c(=O)n(C)c(=O)n2CCOC. The van der Waals surface area contributed by atoms with E-state index in [0.717, 1.165) is 4.57 Å². The van der Waals surface area contributed by atoms with Gasteiger partial charge in [-0.1, -0.05) is 0 Å². The van der Waals surface area contributed by atoms with Crippen LogP contribution in [-0.4, -0.2) is 45.5 Å². The fourth-order valence-corrected chi connectivity index (χ4v) is 2.37. The zero-order chi connectivity index (χ0) is 16.3. The number of methoxy groups -OCH3 is 1. The largest absolute Gasteiger partial charge is 0.383 e. The lowest BCUT2D eigenvalue weighted by atomic mass is 10.4. The number of aromatic nitrogens is 4. The molecule has 0 aliphatic heterocycles. The van der Waals surface area contributed by atoms with Crippen LogP contribution in [0.15, 0.2) is 9.59 Å². The molecule has 9 nitrogen and oxygen atoms in total. The van der Waals surface area contributed by atoms with E-state index in [-0.39, 0.29) is 5.56 Å². The van der Waals surface area contributed by atoms with Crippen molar-refractivity contribution < 1.29 is 4.74 Å². The highest BCUT2D eigenvalue weighted by atomic mass is 16.5. The van der Waals surface area contributed by atoms with Crippen molar-refractivity contribution in [2.75, 3.05) is 32.1 Å². The predicted octanol–water partition coefficient (Wildman–Crippen LogP) is -1.07.